The number of nitrogens with zero attached hydrogens (tertiary/aromatic N) is 1. The number of hydrogen-bond donors (Lipinski definition) is 0. The predicted octanol–water partition coefficient (Wildman–Crippen LogP) is 4.86. The van der Waals surface area contributed by atoms with Crippen LogP contribution < -0.4 is 0 Å². The lowest BCUT2D eigenvalue weighted by Crippen LogP contribution is -2.13. The molecule has 2 unspecified atom stereocenters. The molecule has 134 valence electrons. The molecule has 1 aliphatic carbocycles. The Hall–Kier alpha value is -2.05. The zero-order chi connectivity index (χ0) is 18.3. The van der Waals surface area contributed by atoms with Crippen LogP contribution in [0.15, 0.2) is 69.6 Å². The zero-order valence-electron chi connectivity index (χ0n) is 14.5. The van der Waals surface area contributed by atoms with Crippen molar-refractivity contribution in [2.45, 2.75) is 30.4 Å². The first-order valence-electron chi connectivity index (χ1n) is 8.54. The summed E-state index contributed by atoms with van der Waals surface area (Å²) in [4.78, 5) is 1.28. The van der Waals surface area contributed by atoms with E-state index in [1.54, 1.807) is 23.9 Å². The number of thioether (sulfide) groups is 1. The quantitative estimate of drug-likeness (QED) is 0.708. The van der Waals surface area contributed by atoms with Gasteiger partial charge in [-0.25, -0.2) is 0 Å². The Kier molecular flexibility index (Phi) is 4.40. The maximum atomic E-state index is 12.5. The monoisotopic (exact) mass is 385 g/mol. The first-order chi connectivity index (χ1) is 12.5. The summed E-state index contributed by atoms with van der Waals surface area (Å²) in [6.45, 7) is 4.05. The Balaban J connectivity index is 1.71. The molecule has 4 nitrogen and oxygen atoms in total. The van der Waals surface area contributed by atoms with Gasteiger partial charge in [-0.3, -0.25) is 4.28 Å². The van der Waals surface area contributed by atoms with Crippen molar-refractivity contribution in [2.24, 2.45) is 11.1 Å². The minimum absolute atomic E-state index is 0.0295. The van der Waals surface area contributed by atoms with Gasteiger partial charge in [0.1, 0.15) is 10.6 Å². The molecule has 1 heterocycles. The summed E-state index contributed by atoms with van der Waals surface area (Å²) in [6.07, 6.45) is 5.85. The number of rotatable bonds is 3. The molecule has 0 saturated carbocycles. The number of hydrogen-bond acceptors (Lipinski definition) is 5. The van der Waals surface area contributed by atoms with Crippen LogP contribution in [0.3, 0.4) is 0 Å². The first kappa shape index (κ1) is 17.4. The Morgan fingerprint density at radius 3 is 2.73 bits per heavy atom. The molecule has 0 N–H and O–H groups in total. The summed E-state index contributed by atoms with van der Waals surface area (Å²) >= 11 is 1.67. The fourth-order valence-electron chi connectivity index (χ4n) is 3.21. The minimum Gasteiger partial charge on any atom is -0.264 e. The summed E-state index contributed by atoms with van der Waals surface area (Å²) in [6, 6.07) is 12.2. The van der Waals surface area contributed by atoms with E-state index in [1.807, 2.05) is 44.2 Å². The highest BCUT2D eigenvalue weighted by Crippen LogP contribution is 2.41. The smallest absolute Gasteiger partial charge is 0.264 e. The molecule has 2 aromatic carbocycles. The highest BCUT2D eigenvalue weighted by atomic mass is 32.2. The highest BCUT2D eigenvalue weighted by Gasteiger charge is 2.30. The molecule has 26 heavy (non-hydrogen) atoms. The molecule has 0 bridgehead atoms. The van der Waals surface area contributed by atoms with Gasteiger partial charge >= 0.3 is 10.1 Å². The summed E-state index contributed by atoms with van der Waals surface area (Å²) < 4.78 is 30.0. The Bertz CT molecular complexity index is 1070. The van der Waals surface area contributed by atoms with Gasteiger partial charge in [0.25, 0.3) is 0 Å². The van der Waals surface area contributed by atoms with Crippen molar-refractivity contribution in [3.8, 4) is 0 Å². The van der Waals surface area contributed by atoms with Crippen molar-refractivity contribution in [1.29, 1.82) is 0 Å². The second-order valence-corrected chi connectivity index (χ2v) is 9.52. The molecule has 2 aliphatic rings. The van der Waals surface area contributed by atoms with Crippen LogP contribution in [0.1, 0.15) is 25.8 Å². The third kappa shape index (κ3) is 3.08. The van der Waals surface area contributed by atoms with Gasteiger partial charge in [0, 0.05) is 10.5 Å². The molecule has 0 fully saturated rings. The average molecular weight is 386 g/mol. The molecular formula is C20H19NO3S2. The molecule has 2 atom stereocenters. The van der Waals surface area contributed by atoms with Crippen LogP contribution in [0.5, 0.6) is 0 Å². The van der Waals surface area contributed by atoms with Gasteiger partial charge in [-0.05, 0) is 42.2 Å². The van der Waals surface area contributed by atoms with E-state index in [2.05, 4.69) is 17.3 Å². The van der Waals surface area contributed by atoms with Gasteiger partial charge < -0.3 is 0 Å². The van der Waals surface area contributed by atoms with Gasteiger partial charge in [0.05, 0.1) is 5.25 Å². The largest absolute Gasteiger partial charge is 0.358 e. The van der Waals surface area contributed by atoms with Crippen LogP contribution in [0.25, 0.3) is 10.8 Å². The van der Waals surface area contributed by atoms with Gasteiger partial charge in [-0.2, -0.15) is 8.42 Å². The Labute approximate surface area is 157 Å². The van der Waals surface area contributed by atoms with Crippen molar-refractivity contribution in [3.05, 3.63) is 65.1 Å². The summed E-state index contributed by atoms with van der Waals surface area (Å²) in [7, 11) is -3.90. The lowest BCUT2D eigenvalue weighted by Gasteiger charge is -2.11. The second kappa shape index (κ2) is 6.59. The van der Waals surface area contributed by atoms with Crippen LogP contribution in [-0.2, 0) is 14.4 Å². The van der Waals surface area contributed by atoms with Crippen molar-refractivity contribution in [1.82, 2.24) is 0 Å². The third-order valence-corrected chi connectivity index (χ3v) is 6.96. The van der Waals surface area contributed by atoms with E-state index in [0.717, 1.165) is 21.2 Å². The van der Waals surface area contributed by atoms with E-state index in [4.69, 9.17) is 4.28 Å². The molecule has 4 rings (SSSR count). The standard InChI is InChI=1S/C20H19NO3S2/c1-13-7-10-16(11-8-13)26(22,23)24-21-20-14(2)25-18-12-9-15-5-3-4-6-17(15)19(18)20/h3-7,9-14H,8H2,1-2H3/b21-20+. The van der Waals surface area contributed by atoms with E-state index in [1.165, 1.54) is 0 Å². The molecular weight excluding hydrogens is 366 g/mol. The van der Waals surface area contributed by atoms with E-state index < -0.39 is 10.1 Å². The summed E-state index contributed by atoms with van der Waals surface area (Å²) in [5, 5.41) is 6.29. The Morgan fingerprint density at radius 2 is 1.96 bits per heavy atom. The minimum atomic E-state index is -3.90. The number of benzene rings is 2. The topological polar surface area (TPSA) is 55.7 Å². The van der Waals surface area contributed by atoms with Crippen molar-refractivity contribution >= 4 is 38.4 Å². The fraction of sp³-hybridized carbons (Fsp3) is 0.250. The molecule has 0 aromatic heterocycles. The van der Waals surface area contributed by atoms with Crippen LogP contribution in [0.4, 0.5) is 0 Å². The highest BCUT2D eigenvalue weighted by molar-refractivity contribution is 8.01. The number of allylic oxidation sites excluding steroid dienone is 3. The maximum Gasteiger partial charge on any atom is 0.358 e. The SMILES string of the molecule is CC1C=CC(S(=O)(=O)O/N=C2/c3c(ccc4ccccc34)SC2C)=CC1. The molecule has 6 heteroatoms. The first-order valence-corrected chi connectivity index (χ1v) is 10.8. The lowest BCUT2D eigenvalue weighted by atomic mass is 10.00. The molecule has 0 radical (unpaired) electrons. The molecule has 0 saturated heterocycles. The van der Waals surface area contributed by atoms with Crippen molar-refractivity contribution in [3.63, 3.8) is 0 Å². The van der Waals surface area contributed by atoms with E-state index in [9.17, 15) is 8.42 Å². The van der Waals surface area contributed by atoms with Crippen LogP contribution >= 0.6 is 11.8 Å². The van der Waals surface area contributed by atoms with Gasteiger partial charge in [0.15, 0.2) is 0 Å². The average Bonchev–Trinajstić information content (AvgIpc) is 2.96. The predicted molar refractivity (Wildman–Crippen MR) is 107 cm³/mol. The zero-order valence-corrected chi connectivity index (χ0v) is 16.2. The molecule has 0 amide bonds. The maximum absolute atomic E-state index is 12.5. The van der Waals surface area contributed by atoms with Crippen molar-refractivity contribution in [2.75, 3.05) is 0 Å². The molecule has 0 spiro atoms. The van der Waals surface area contributed by atoms with Crippen LogP contribution in [-0.4, -0.2) is 19.4 Å². The molecule has 2 aromatic rings. The van der Waals surface area contributed by atoms with Gasteiger partial charge in [-0.15, -0.1) is 11.8 Å². The van der Waals surface area contributed by atoms with E-state index >= 15 is 0 Å². The Morgan fingerprint density at radius 1 is 1.15 bits per heavy atom. The number of oxime groups is 1. The summed E-state index contributed by atoms with van der Waals surface area (Å²) in [5.41, 5.74) is 1.64. The van der Waals surface area contributed by atoms with Crippen molar-refractivity contribution < 1.29 is 12.7 Å². The van der Waals surface area contributed by atoms with Crippen LogP contribution in [0, 0.1) is 5.92 Å². The second-order valence-electron chi connectivity index (χ2n) is 6.60. The summed E-state index contributed by atoms with van der Waals surface area (Å²) in [5.74, 6) is 0.338. The number of fused-ring (bicyclic) bond motifs is 3. The van der Waals surface area contributed by atoms with Gasteiger partial charge in [0.2, 0.25) is 0 Å². The van der Waals surface area contributed by atoms with E-state index in [-0.39, 0.29) is 10.2 Å². The normalized spacial score (nSPS) is 23.9. The van der Waals surface area contributed by atoms with E-state index in [0.29, 0.717) is 18.1 Å². The fourth-order valence-corrected chi connectivity index (χ4v) is 5.15. The lowest BCUT2D eigenvalue weighted by molar-refractivity contribution is 0.343. The third-order valence-electron chi connectivity index (χ3n) is 4.64. The molecule has 1 aliphatic heterocycles. The van der Waals surface area contributed by atoms with Gasteiger partial charge in [-0.1, -0.05) is 54.6 Å². The van der Waals surface area contributed by atoms with Crippen LogP contribution in [0.2, 0.25) is 0 Å².